The summed E-state index contributed by atoms with van der Waals surface area (Å²) in [7, 11) is 1.60. The number of hydrazine groups is 1. The van der Waals surface area contributed by atoms with Crippen molar-refractivity contribution >= 4 is 57.5 Å². The molecule has 8 heteroatoms. The fourth-order valence-corrected chi connectivity index (χ4v) is 4.00. The Balaban J connectivity index is 1.80. The van der Waals surface area contributed by atoms with Gasteiger partial charge in [0.2, 0.25) is 0 Å². The van der Waals surface area contributed by atoms with Gasteiger partial charge in [-0.15, -0.1) is 11.3 Å². The highest BCUT2D eigenvalue weighted by Gasteiger charge is 2.33. The lowest BCUT2D eigenvalue weighted by Crippen LogP contribution is -2.44. The van der Waals surface area contributed by atoms with Crippen molar-refractivity contribution in [1.29, 1.82) is 0 Å². The second kappa shape index (κ2) is 7.38. The average molecular weight is 391 g/mol. The van der Waals surface area contributed by atoms with Gasteiger partial charge in [-0.05, 0) is 53.9 Å². The minimum atomic E-state index is -0.357. The maximum Gasteiger partial charge on any atom is 0.285 e. The normalized spacial score (nSPS) is 15.8. The fourth-order valence-electron chi connectivity index (χ4n) is 2.21. The van der Waals surface area contributed by atoms with Gasteiger partial charge < -0.3 is 4.74 Å². The van der Waals surface area contributed by atoms with Crippen molar-refractivity contribution in [2.24, 2.45) is 0 Å². The third-order valence-corrected chi connectivity index (χ3v) is 5.65. The van der Waals surface area contributed by atoms with E-state index in [-0.39, 0.29) is 11.8 Å². The number of ether oxygens (including phenoxy) is 1. The summed E-state index contributed by atoms with van der Waals surface area (Å²) in [5, 5.41) is 2.91. The van der Waals surface area contributed by atoms with Gasteiger partial charge in [0.25, 0.3) is 11.8 Å². The molecule has 1 N–H and O–H groups in total. The van der Waals surface area contributed by atoms with Crippen LogP contribution in [0.1, 0.15) is 20.8 Å². The van der Waals surface area contributed by atoms with Crippen LogP contribution in [-0.4, -0.2) is 28.3 Å². The molecule has 1 saturated heterocycles. The predicted molar refractivity (Wildman–Crippen MR) is 105 cm³/mol. The first-order valence-electron chi connectivity index (χ1n) is 7.26. The Morgan fingerprint density at radius 1 is 1.36 bits per heavy atom. The van der Waals surface area contributed by atoms with E-state index in [1.54, 1.807) is 30.7 Å². The molecule has 2 amide bonds. The van der Waals surface area contributed by atoms with E-state index in [0.29, 0.717) is 14.1 Å². The van der Waals surface area contributed by atoms with Crippen molar-refractivity contribution in [1.82, 2.24) is 10.4 Å². The van der Waals surface area contributed by atoms with Crippen molar-refractivity contribution in [3.8, 4) is 5.75 Å². The summed E-state index contributed by atoms with van der Waals surface area (Å²) in [5.41, 5.74) is 4.39. The van der Waals surface area contributed by atoms with Crippen molar-refractivity contribution in [3.05, 3.63) is 56.6 Å². The van der Waals surface area contributed by atoms with Gasteiger partial charge in [-0.3, -0.25) is 15.0 Å². The molecule has 1 fully saturated rings. The lowest BCUT2D eigenvalue weighted by Gasteiger charge is -2.14. The summed E-state index contributed by atoms with van der Waals surface area (Å²) in [4.78, 5) is 25.7. The summed E-state index contributed by atoms with van der Waals surface area (Å²) in [6.07, 6.45) is 1.73. The first-order valence-corrected chi connectivity index (χ1v) is 9.37. The maximum atomic E-state index is 12.6. The number of methoxy groups -OCH3 is 1. The minimum Gasteiger partial charge on any atom is -0.496 e. The highest BCUT2D eigenvalue weighted by atomic mass is 32.2. The van der Waals surface area contributed by atoms with Gasteiger partial charge in [0.15, 0.2) is 4.32 Å². The number of nitrogens with zero attached hydrogens (tertiary/aromatic N) is 1. The molecule has 2 heterocycles. The molecule has 5 nitrogen and oxygen atoms in total. The first kappa shape index (κ1) is 17.7. The van der Waals surface area contributed by atoms with Crippen LogP contribution in [0.3, 0.4) is 0 Å². The molecule has 1 aromatic heterocycles. The average Bonchev–Trinajstić information content (AvgIpc) is 3.21. The molecule has 3 rings (SSSR count). The lowest BCUT2D eigenvalue weighted by molar-refractivity contribution is -0.123. The zero-order chi connectivity index (χ0) is 18.0. The summed E-state index contributed by atoms with van der Waals surface area (Å²) in [6, 6.07) is 9.13. The first-order chi connectivity index (χ1) is 12.0. The Hall–Kier alpha value is -2.16. The van der Waals surface area contributed by atoms with Gasteiger partial charge in [0.05, 0.1) is 16.9 Å². The lowest BCUT2D eigenvalue weighted by atomic mass is 10.1. The van der Waals surface area contributed by atoms with Crippen molar-refractivity contribution in [2.75, 3.05) is 7.11 Å². The molecule has 1 aromatic carbocycles. The molecule has 0 unspecified atom stereocenters. The third-order valence-electron chi connectivity index (χ3n) is 3.48. The number of carbonyl (C=O) groups is 2. The Bertz CT molecular complexity index is 875. The van der Waals surface area contributed by atoms with Gasteiger partial charge in [0.1, 0.15) is 5.75 Å². The molecular formula is C17H14N2O3S3. The zero-order valence-corrected chi connectivity index (χ0v) is 15.9. The standard InChI is InChI=1S/C17H14N2O3S3/c1-10-5-6-11(8-12(10)22-2)9-14-16(21)19(17(23)25-14)18-15(20)13-4-3-7-24-13/h3-9H,1-2H3,(H,18,20)/b14-9+. The summed E-state index contributed by atoms with van der Waals surface area (Å²) >= 11 is 7.67. The van der Waals surface area contributed by atoms with E-state index in [4.69, 9.17) is 17.0 Å². The summed E-state index contributed by atoms with van der Waals surface area (Å²) in [5.74, 6) is 0.0410. The molecular weight excluding hydrogens is 376 g/mol. The monoisotopic (exact) mass is 390 g/mol. The molecule has 1 aliphatic rings. The topological polar surface area (TPSA) is 58.6 Å². The fraction of sp³-hybridized carbons (Fsp3) is 0.118. The van der Waals surface area contributed by atoms with Crippen molar-refractivity contribution < 1.29 is 14.3 Å². The predicted octanol–water partition coefficient (Wildman–Crippen LogP) is 3.61. The van der Waals surface area contributed by atoms with Crippen LogP contribution in [0.5, 0.6) is 5.75 Å². The van der Waals surface area contributed by atoms with Gasteiger partial charge in [0, 0.05) is 0 Å². The minimum absolute atomic E-state index is 0.292. The number of thioether (sulfide) groups is 1. The number of rotatable bonds is 4. The van der Waals surface area contributed by atoms with Crippen LogP contribution in [0.2, 0.25) is 0 Å². The summed E-state index contributed by atoms with van der Waals surface area (Å²) in [6.45, 7) is 1.95. The number of hydrogen-bond acceptors (Lipinski definition) is 6. The largest absolute Gasteiger partial charge is 0.496 e. The molecule has 1 aliphatic heterocycles. The van der Waals surface area contributed by atoms with Crippen LogP contribution >= 0.6 is 35.3 Å². The maximum absolute atomic E-state index is 12.6. The van der Waals surface area contributed by atoms with Crippen LogP contribution < -0.4 is 10.2 Å². The smallest absolute Gasteiger partial charge is 0.285 e. The number of thiocarbonyl (C=S) groups is 1. The Labute approximate surface area is 158 Å². The van der Waals surface area contributed by atoms with Gasteiger partial charge in [-0.1, -0.05) is 30.0 Å². The van der Waals surface area contributed by atoms with E-state index in [9.17, 15) is 9.59 Å². The van der Waals surface area contributed by atoms with Crippen LogP contribution in [-0.2, 0) is 4.79 Å². The molecule has 0 spiro atoms. The van der Waals surface area contributed by atoms with Crippen molar-refractivity contribution in [2.45, 2.75) is 6.92 Å². The molecule has 2 aromatic rings. The van der Waals surface area contributed by atoms with E-state index >= 15 is 0 Å². The van der Waals surface area contributed by atoms with Gasteiger partial charge >= 0.3 is 0 Å². The molecule has 128 valence electrons. The second-order valence-corrected chi connectivity index (χ2v) is 7.79. The number of aryl methyl sites for hydroxylation is 1. The van der Waals surface area contributed by atoms with Crippen LogP contribution in [0.4, 0.5) is 0 Å². The Morgan fingerprint density at radius 3 is 2.84 bits per heavy atom. The van der Waals surface area contributed by atoms with Crippen molar-refractivity contribution in [3.63, 3.8) is 0 Å². The molecule has 0 atom stereocenters. The van der Waals surface area contributed by atoms with E-state index in [2.05, 4.69) is 5.43 Å². The zero-order valence-electron chi connectivity index (χ0n) is 13.4. The van der Waals surface area contributed by atoms with E-state index in [0.717, 1.165) is 33.6 Å². The third kappa shape index (κ3) is 3.76. The van der Waals surface area contributed by atoms with Crippen LogP contribution in [0.15, 0.2) is 40.6 Å². The van der Waals surface area contributed by atoms with Gasteiger partial charge in [-0.2, -0.15) is 5.01 Å². The van der Waals surface area contributed by atoms with Gasteiger partial charge in [-0.25, -0.2) is 0 Å². The molecule has 0 bridgehead atoms. The number of carbonyl (C=O) groups excluding carboxylic acids is 2. The highest BCUT2D eigenvalue weighted by molar-refractivity contribution is 8.26. The highest BCUT2D eigenvalue weighted by Crippen LogP contribution is 2.32. The number of thiophene rings is 1. The van der Waals surface area contributed by atoms with E-state index < -0.39 is 0 Å². The molecule has 0 aliphatic carbocycles. The number of benzene rings is 1. The SMILES string of the molecule is COc1cc(/C=C2/SC(=S)N(NC(=O)c3cccs3)C2=O)ccc1C. The molecule has 0 saturated carbocycles. The molecule has 0 radical (unpaired) electrons. The quantitative estimate of drug-likeness (QED) is 0.638. The summed E-state index contributed by atoms with van der Waals surface area (Å²) < 4.78 is 5.59. The number of nitrogens with one attached hydrogen (secondary N) is 1. The van der Waals surface area contributed by atoms with Crippen LogP contribution in [0.25, 0.3) is 6.08 Å². The van der Waals surface area contributed by atoms with E-state index in [1.165, 1.54) is 11.3 Å². The number of hydrogen-bond donors (Lipinski definition) is 1. The second-order valence-electron chi connectivity index (χ2n) is 5.16. The Kier molecular flexibility index (Phi) is 5.22. The number of amides is 2. The Morgan fingerprint density at radius 2 is 2.16 bits per heavy atom. The molecule has 25 heavy (non-hydrogen) atoms. The van der Waals surface area contributed by atoms with E-state index in [1.807, 2.05) is 25.1 Å². The van der Waals surface area contributed by atoms with Crippen LogP contribution in [0, 0.1) is 6.92 Å².